The van der Waals surface area contributed by atoms with Gasteiger partial charge in [0, 0.05) is 18.4 Å². The van der Waals surface area contributed by atoms with Crippen LogP contribution >= 0.6 is 0 Å². The van der Waals surface area contributed by atoms with Gasteiger partial charge >= 0.3 is 0 Å². The number of hydrazine groups is 1. The molecule has 1 saturated heterocycles. The van der Waals surface area contributed by atoms with E-state index >= 15 is 0 Å². The molecule has 5 heteroatoms. The van der Waals surface area contributed by atoms with Crippen LogP contribution in [0, 0.1) is 0 Å². The predicted molar refractivity (Wildman–Crippen MR) is 61.8 cm³/mol. The van der Waals surface area contributed by atoms with Gasteiger partial charge in [0.15, 0.2) is 5.82 Å². The van der Waals surface area contributed by atoms with Crippen molar-refractivity contribution < 1.29 is 4.74 Å². The van der Waals surface area contributed by atoms with E-state index in [1.165, 1.54) is 0 Å². The fraction of sp³-hybridized carbons (Fsp3) is 0.636. The van der Waals surface area contributed by atoms with Gasteiger partial charge in [-0.25, -0.2) is 15.8 Å². The molecule has 88 valence electrons. The molecule has 0 aliphatic carbocycles. The van der Waals surface area contributed by atoms with Gasteiger partial charge in [0.2, 0.25) is 0 Å². The molecule has 2 rings (SSSR count). The molecule has 1 aliphatic heterocycles. The third kappa shape index (κ3) is 2.01. The molecular formula is C11H18N4O. The maximum Gasteiger partial charge on any atom is 0.162 e. The summed E-state index contributed by atoms with van der Waals surface area (Å²) in [6.07, 6.45) is 2.88. The van der Waals surface area contributed by atoms with E-state index in [4.69, 9.17) is 10.6 Å². The molecule has 1 atom stereocenters. The molecule has 5 nitrogen and oxygen atoms in total. The van der Waals surface area contributed by atoms with Gasteiger partial charge in [0.05, 0.1) is 0 Å². The Morgan fingerprint density at radius 1 is 1.56 bits per heavy atom. The number of hydrogen-bond acceptors (Lipinski definition) is 5. The number of nitrogen functional groups attached to an aromatic ring is 1. The van der Waals surface area contributed by atoms with Crippen molar-refractivity contribution in [2.24, 2.45) is 5.84 Å². The van der Waals surface area contributed by atoms with Crippen molar-refractivity contribution in [1.82, 2.24) is 9.97 Å². The normalized spacial score (nSPS) is 24.7. The predicted octanol–water partition coefficient (Wildman–Crippen LogP) is 1.35. The van der Waals surface area contributed by atoms with Crippen LogP contribution in [0.15, 0.2) is 6.07 Å². The number of nitrogens with zero attached hydrogens (tertiary/aromatic N) is 2. The van der Waals surface area contributed by atoms with Gasteiger partial charge in [-0.3, -0.25) is 0 Å². The fourth-order valence-electron chi connectivity index (χ4n) is 1.94. The largest absolute Gasteiger partial charge is 0.367 e. The van der Waals surface area contributed by atoms with E-state index in [-0.39, 0.29) is 5.60 Å². The molecule has 0 spiro atoms. The molecule has 1 aromatic heterocycles. The highest BCUT2D eigenvalue weighted by Gasteiger charge is 2.35. The van der Waals surface area contributed by atoms with Crippen LogP contribution in [0.5, 0.6) is 0 Å². The van der Waals surface area contributed by atoms with Crippen LogP contribution in [0.2, 0.25) is 0 Å². The van der Waals surface area contributed by atoms with Crippen LogP contribution in [-0.4, -0.2) is 16.6 Å². The Morgan fingerprint density at radius 3 is 2.94 bits per heavy atom. The van der Waals surface area contributed by atoms with Crippen LogP contribution in [0.25, 0.3) is 0 Å². The van der Waals surface area contributed by atoms with Crippen LogP contribution < -0.4 is 11.3 Å². The molecule has 0 amide bonds. The lowest BCUT2D eigenvalue weighted by Gasteiger charge is -2.22. The summed E-state index contributed by atoms with van der Waals surface area (Å²) in [6.45, 7) is 4.88. The second kappa shape index (κ2) is 4.35. The molecule has 0 radical (unpaired) electrons. The third-order valence-electron chi connectivity index (χ3n) is 2.98. The maximum absolute atomic E-state index is 5.73. The highest BCUT2D eigenvalue weighted by atomic mass is 16.5. The average Bonchev–Trinajstić information content (AvgIpc) is 2.77. The molecule has 16 heavy (non-hydrogen) atoms. The maximum atomic E-state index is 5.73. The standard InChI is InChI=1S/C11H18N4O/c1-3-8-7-9(15-12)14-10(13-8)11(2)5-4-6-16-11/h7H,3-6,12H2,1-2H3,(H,13,14,15). The van der Waals surface area contributed by atoms with Crippen LogP contribution in [-0.2, 0) is 16.8 Å². The summed E-state index contributed by atoms with van der Waals surface area (Å²) in [5.41, 5.74) is 3.21. The second-order valence-corrected chi connectivity index (χ2v) is 4.25. The first kappa shape index (κ1) is 11.3. The van der Waals surface area contributed by atoms with E-state index < -0.39 is 0 Å². The topological polar surface area (TPSA) is 73.1 Å². The first-order valence-electron chi connectivity index (χ1n) is 5.67. The summed E-state index contributed by atoms with van der Waals surface area (Å²) in [5, 5.41) is 0. The monoisotopic (exact) mass is 222 g/mol. The summed E-state index contributed by atoms with van der Waals surface area (Å²) >= 11 is 0. The van der Waals surface area contributed by atoms with Gasteiger partial charge in [-0.05, 0) is 26.2 Å². The van der Waals surface area contributed by atoms with Crippen molar-refractivity contribution in [1.29, 1.82) is 0 Å². The van der Waals surface area contributed by atoms with E-state index in [1.807, 2.05) is 13.0 Å². The Bertz CT molecular complexity index is 352. The molecule has 1 aromatic rings. The molecule has 1 unspecified atom stereocenters. The zero-order valence-electron chi connectivity index (χ0n) is 9.79. The highest BCUT2D eigenvalue weighted by Crippen LogP contribution is 2.33. The van der Waals surface area contributed by atoms with E-state index in [0.29, 0.717) is 5.82 Å². The first-order valence-corrected chi connectivity index (χ1v) is 5.67. The van der Waals surface area contributed by atoms with Gasteiger partial charge in [-0.2, -0.15) is 0 Å². The van der Waals surface area contributed by atoms with Gasteiger partial charge in [-0.1, -0.05) is 6.92 Å². The number of hydrogen-bond donors (Lipinski definition) is 2. The second-order valence-electron chi connectivity index (χ2n) is 4.25. The fourth-order valence-corrected chi connectivity index (χ4v) is 1.94. The number of anilines is 1. The Kier molecular flexibility index (Phi) is 3.07. The van der Waals surface area contributed by atoms with Gasteiger partial charge in [0.1, 0.15) is 11.4 Å². The lowest BCUT2D eigenvalue weighted by molar-refractivity contribution is 0.00928. The van der Waals surface area contributed by atoms with Crippen LogP contribution in [0.3, 0.4) is 0 Å². The molecule has 0 bridgehead atoms. The Balaban J connectivity index is 2.39. The van der Waals surface area contributed by atoms with Crippen molar-refractivity contribution in [3.8, 4) is 0 Å². The number of nitrogens with one attached hydrogen (secondary N) is 1. The molecule has 0 saturated carbocycles. The number of nitrogens with two attached hydrogens (primary N) is 1. The smallest absolute Gasteiger partial charge is 0.162 e. The molecular weight excluding hydrogens is 204 g/mol. The summed E-state index contributed by atoms with van der Waals surface area (Å²) < 4.78 is 5.73. The molecule has 3 N–H and O–H groups in total. The quantitative estimate of drug-likeness (QED) is 0.596. The molecule has 1 fully saturated rings. The first-order chi connectivity index (χ1) is 7.68. The lowest BCUT2D eigenvalue weighted by atomic mass is 10.0. The Hall–Kier alpha value is -1.20. The minimum Gasteiger partial charge on any atom is -0.367 e. The molecule has 0 aromatic carbocycles. The third-order valence-corrected chi connectivity index (χ3v) is 2.98. The minimum atomic E-state index is -0.350. The summed E-state index contributed by atoms with van der Waals surface area (Å²) in [4.78, 5) is 8.90. The summed E-state index contributed by atoms with van der Waals surface area (Å²) in [7, 11) is 0. The van der Waals surface area contributed by atoms with E-state index in [9.17, 15) is 0 Å². The van der Waals surface area contributed by atoms with E-state index in [0.717, 1.165) is 37.4 Å². The number of aryl methyl sites for hydroxylation is 1. The number of aromatic nitrogens is 2. The van der Waals surface area contributed by atoms with Gasteiger partial charge in [0.25, 0.3) is 0 Å². The van der Waals surface area contributed by atoms with E-state index in [2.05, 4.69) is 22.3 Å². The SMILES string of the molecule is CCc1cc(NN)nc(C2(C)CCCO2)n1. The van der Waals surface area contributed by atoms with Gasteiger partial charge < -0.3 is 10.2 Å². The zero-order valence-corrected chi connectivity index (χ0v) is 9.79. The van der Waals surface area contributed by atoms with Crippen molar-refractivity contribution in [2.75, 3.05) is 12.0 Å². The van der Waals surface area contributed by atoms with Crippen molar-refractivity contribution in [3.05, 3.63) is 17.6 Å². The van der Waals surface area contributed by atoms with Crippen LogP contribution in [0.4, 0.5) is 5.82 Å². The molecule has 1 aliphatic rings. The van der Waals surface area contributed by atoms with E-state index in [1.54, 1.807) is 0 Å². The van der Waals surface area contributed by atoms with Crippen LogP contribution in [0.1, 0.15) is 38.2 Å². The van der Waals surface area contributed by atoms with Crippen molar-refractivity contribution in [3.63, 3.8) is 0 Å². The van der Waals surface area contributed by atoms with Crippen molar-refractivity contribution >= 4 is 5.82 Å². The van der Waals surface area contributed by atoms with Gasteiger partial charge in [-0.15, -0.1) is 0 Å². The number of ether oxygens (including phenoxy) is 1. The minimum absolute atomic E-state index is 0.350. The Morgan fingerprint density at radius 2 is 2.38 bits per heavy atom. The number of rotatable bonds is 3. The highest BCUT2D eigenvalue weighted by molar-refractivity contribution is 5.35. The average molecular weight is 222 g/mol. The lowest BCUT2D eigenvalue weighted by Crippen LogP contribution is -2.25. The Labute approximate surface area is 95.4 Å². The molecule has 2 heterocycles. The zero-order chi connectivity index (χ0) is 11.6. The summed E-state index contributed by atoms with van der Waals surface area (Å²) in [6, 6.07) is 1.86. The van der Waals surface area contributed by atoms with Crippen molar-refractivity contribution in [2.45, 2.75) is 38.7 Å². The summed E-state index contributed by atoms with van der Waals surface area (Å²) in [5.74, 6) is 6.79.